The SMILES string of the molecule is COc1ccc(NC(=O)CC(C)=NNC(=O)COc2ccc(Cl)cc2Cl)c(OC)c1. The summed E-state index contributed by atoms with van der Waals surface area (Å²) < 4.78 is 15.7. The fourth-order valence-electron chi connectivity index (χ4n) is 2.29. The van der Waals surface area contributed by atoms with Gasteiger partial charge in [-0.3, -0.25) is 9.59 Å². The molecule has 0 unspecified atom stereocenters. The summed E-state index contributed by atoms with van der Waals surface area (Å²) in [6.45, 7) is 1.31. The molecule has 2 amide bonds. The van der Waals surface area contributed by atoms with E-state index >= 15 is 0 Å². The minimum absolute atomic E-state index is 0.0284. The van der Waals surface area contributed by atoms with Crippen LogP contribution in [-0.2, 0) is 9.59 Å². The molecule has 0 aromatic heterocycles. The highest BCUT2D eigenvalue weighted by molar-refractivity contribution is 6.35. The van der Waals surface area contributed by atoms with E-state index < -0.39 is 5.91 Å². The molecule has 0 aliphatic rings. The third-order valence-corrected chi connectivity index (χ3v) is 4.25. The first-order valence-corrected chi connectivity index (χ1v) is 9.49. The Balaban J connectivity index is 1.84. The maximum Gasteiger partial charge on any atom is 0.277 e. The van der Waals surface area contributed by atoms with Crippen LogP contribution in [0.25, 0.3) is 0 Å². The van der Waals surface area contributed by atoms with Gasteiger partial charge in [0.1, 0.15) is 17.2 Å². The summed E-state index contributed by atoms with van der Waals surface area (Å²) in [5.74, 6) is 0.566. The Bertz CT molecular complexity index is 950. The molecule has 0 aliphatic heterocycles. The number of carbonyl (C=O) groups excluding carboxylic acids is 2. The van der Waals surface area contributed by atoms with Crippen molar-refractivity contribution in [2.24, 2.45) is 5.10 Å². The Morgan fingerprint density at radius 2 is 1.77 bits per heavy atom. The van der Waals surface area contributed by atoms with Crippen molar-refractivity contribution in [2.75, 3.05) is 26.1 Å². The Labute approximate surface area is 184 Å². The lowest BCUT2D eigenvalue weighted by Gasteiger charge is -2.11. The Hall–Kier alpha value is -2.97. The molecule has 2 rings (SSSR count). The molecule has 0 aliphatic carbocycles. The molecule has 0 saturated heterocycles. The summed E-state index contributed by atoms with van der Waals surface area (Å²) in [6, 6.07) is 9.69. The number of nitrogens with zero attached hydrogens (tertiary/aromatic N) is 1. The molecule has 0 bridgehead atoms. The van der Waals surface area contributed by atoms with E-state index in [1.807, 2.05) is 0 Å². The van der Waals surface area contributed by atoms with E-state index in [1.165, 1.54) is 20.3 Å². The topological polar surface area (TPSA) is 98.2 Å². The molecule has 2 aromatic rings. The van der Waals surface area contributed by atoms with Crippen molar-refractivity contribution in [3.05, 3.63) is 46.4 Å². The van der Waals surface area contributed by atoms with Crippen LogP contribution in [0.5, 0.6) is 17.2 Å². The predicted octanol–water partition coefficient (Wildman–Crippen LogP) is 3.91. The fourth-order valence-corrected chi connectivity index (χ4v) is 2.76. The standard InChI is InChI=1S/C20H21Cl2N3O5/c1-12(8-19(26)23-16-6-5-14(28-2)10-18(16)29-3)24-25-20(27)11-30-17-7-4-13(21)9-15(17)22/h4-7,9-10H,8,11H2,1-3H3,(H,23,26)(H,25,27). The molecule has 2 N–H and O–H groups in total. The highest BCUT2D eigenvalue weighted by Gasteiger charge is 2.11. The third-order valence-electron chi connectivity index (χ3n) is 3.72. The minimum Gasteiger partial charge on any atom is -0.497 e. The molecule has 0 heterocycles. The molecule has 0 spiro atoms. The Morgan fingerprint density at radius 1 is 1.00 bits per heavy atom. The van der Waals surface area contributed by atoms with Gasteiger partial charge >= 0.3 is 0 Å². The molecule has 8 nitrogen and oxygen atoms in total. The average molecular weight is 454 g/mol. The van der Waals surface area contributed by atoms with Gasteiger partial charge in [-0.25, -0.2) is 5.43 Å². The van der Waals surface area contributed by atoms with Gasteiger partial charge in [0.05, 0.1) is 31.4 Å². The van der Waals surface area contributed by atoms with Crippen LogP contribution in [0.1, 0.15) is 13.3 Å². The van der Waals surface area contributed by atoms with E-state index in [2.05, 4.69) is 15.8 Å². The van der Waals surface area contributed by atoms with Crippen molar-refractivity contribution in [1.82, 2.24) is 5.43 Å². The highest BCUT2D eigenvalue weighted by atomic mass is 35.5. The zero-order valence-electron chi connectivity index (χ0n) is 16.6. The number of halogens is 2. The molecule has 160 valence electrons. The molecule has 0 radical (unpaired) electrons. The fraction of sp³-hybridized carbons (Fsp3) is 0.250. The maximum atomic E-state index is 12.2. The van der Waals surface area contributed by atoms with Crippen LogP contribution < -0.4 is 25.0 Å². The van der Waals surface area contributed by atoms with Crippen LogP contribution in [0, 0.1) is 0 Å². The lowest BCUT2D eigenvalue weighted by molar-refractivity contribution is -0.123. The van der Waals surface area contributed by atoms with Crippen LogP contribution >= 0.6 is 23.2 Å². The van der Waals surface area contributed by atoms with Gasteiger partial charge in [0.2, 0.25) is 5.91 Å². The van der Waals surface area contributed by atoms with Crippen molar-refractivity contribution < 1.29 is 23.8 Å². The van der Waals surface area contributed by atoms with Crippen molar-refractivity contribution in [1.29, 1.82) is 0 Å². The molecule has 0 saturated carbocycles. The van der Waals surface area contributed by atoms with Crippen LogP contribution in [0.4, 0.5) is 5.69 Å². The monoisotopic (exact) mass is 453 g/mol. The molecule has 0 atom stereocenters. The van der Waals surface area contributed by atoms with Crippen molar-refractivity contribution in [2.45, 2.75) is 13.3 Å². The molecule has 30 heavy (non-hydrogen) atoms. The van der Waals surface area contributed by atoms with Gasteiger partial charge in [-0.05, 0) is 37.3 Å². The number of hydrazone groups is 1. The largest absolute Gasteiger partial charge is 0.497 e. The van der Waals surface area contributed by atoms with E-state index in [0.717, 1.165) is 0 Å². The first kappa shape index (κ1) is 23.3. The van der Waals surface area contributed by atoms with E-state index in [1.54, 1.807) is 37.3 Å². The first-order valence-electron chi connectivity index (χ1n) is 8.74. The minimum atomic E-state index is -0.502. The van der Waals surface area contributed by atoms with E-state index in [0.29, 0.717) is 38.7 Å². The average Bonchev–Trinajstić information content (AvgIpc) is 2.71. The number of nitrogens with one attached hydrogen (secondary N) is 2. The second kappa shape index (κ2) is 11.3. The summed E-state index contributed by atoms with van der Waals surface area (Å²) in [6.07, 6.45) is -0.0284. The number of carbonyl (C=O) groups is 2. The van der Waals surface area contributed by atoms with Gasteiger partial charge in [0.15, 0.2) is 6.61 Å². The summed E-state index contributed by atoms with van der Waals surface area (Å²) in [4.78, 5) is 24.1. The molecular weight excluding hydrogens is 433 g/mol. The van der Waals surface area contributed by atoms with E-state index in [9.17, 15) is 9.59 Å². The number of rotatable bonds is 9. The first-order chi connectivity index (χ1) is 14.3. The van der Waals surface area contributed by atoms with Gasteiger partial charge in [0.25, 0.3) is 5.91 Å². The number of hydrogen-bond acceptors (Lipinski definition) is 6. The lowest BCUT2D eigenvalue weighted by Crippen LogP contribution is -2.26. The molecular formula is C20H21Cl2N3O5. The zero-order valence-corrected chi connectivity index (χ0v) is 18.1. The summed E-state index contributed by atoms with van der Waals surface area (Å²) in [5, 5.41) is 7.37. The van der Waals surface area contributed by atoms with Crippen molar-refractivity contribution in [3.8, 4) is 17.2 Å². The lowest BCUT2D eigenvalue weighted by atomic mass is 10.2. The van der Waals surface area contributed by atoms with Gasteiger partial charge in [-0.2, -0.15) is 5.10 Å². The van der Waals surface area contributed by atoms with E-state index in [-0.39, 0.29) is 18.9 Å². The number of hydrogen-bond donors (Lipinski definition) is 2. The number of amides is 2. The normalized spacial score (nSPS) is 10.9. The zero-order chi connectivity index (χ0) is 22.1. The smallest absolute Gasteiger partial charge is 0.277 e. The predicted molar refractivity (Wildman–Crippen MR) is 116 cm³/mol. The van der Waals surface area contributed by atoms with Crippen LogP contribution in [0.15, 0.2) is 41.5 Å². The van der Waals surface area contributed by atoms with Gasteiger partial charge in [0, 0.05) is 16.8 Å². The molecule has 2 aromatic carbocycles. The highest BCUT2D eigenvalue weighted by Crippen LogP contribution is 2.29. The second-order valence-electron chi connectivity index (χ2n) is 6.04. The Kier molecular flexibility index (Phi) is 8.76. The van der Waals surface area contributed by atoms with Crippen molar-refractivity contribution in [3.63, 3.8) is 0 Å². The van der Waals surface area contributed by atoms with E-state index in [4.69, 9.17) is 37.4 Å². The van der Waals surface area contributed by atoms with Crippen LogP contribution in [0.2, 0.25) is 10.0 Å². The summed E-state index contributed by atoms with van der Waals surface area (Å²) >= 11 is 11.8. The van der Waals surface area contributed by atoms with Gasteiger partial charge < -0.3 is 19.5 Å². The van der Waals surface area contributed by atoms with Gasteiger partial charge in [-0.15, -0.1) is 0 Å². The quantitative estimate of drug-likeness (QED) is 0.442. The number of benzene rings is 2. The second-order valence-corrected chi connectivity index (χ2v) is 6.88. The number of anilines is 1. The maximum absolute atomic E-state index is 12.2. The number of methoxy groups -OCH3 is 2. The van der Waals surface area contributed by atoms with Crippen molar-refractivity contribution >= 4 is 46.4 Å². The third kappa shape index (κ3) is 7.13. The van der Waals surface area contributed by atoms with Crippen LogP contribution in [0.3, 0.4) is 0 Å². The summed E-state index contributed by atoms with van der Waals surface area (Å²) in [5.41, 5.74) is 3.22. The molecule has 0 fully saturated rings. The Morgan fingerprint density at radius 3 is 2.43 bits per heavy atom. The van der Waals surface area contributed by atoms with Crippen LogP contribution in [-0.4, -0.2) is 38.4 Å². The number of ether oxygens (including phenoxy) is 3. The summed E-state index contributed by atoms with van der Waals surface area (Å²) in [7, 11) is 3.03. The van der Waals surface area contributed by atoms with Gasteiger partial charge in [-0.1, -0.05) is 23.2 Å². The molecule has 10 heteroatoms.